The van der Waals surface area contributed by atoms with Crippen molar-refractivity contribution in [2.45, 2.75) is 12.7 Å². The normalized spacial score (nSPS) is 16.3. The van der Waals surface area contributed by atoms with Crippen molar-refractivity contribution < 1.29 is 9.18 Å². The number of hydrogen-bond acceptors (Lipinski definition) is 2. The van der Waals surface area contributed by atoms with E-state index in [-0.39, 0.29) is 11.7 Å². The van der Waals surface area contributed by atoms with Crippen LogP contribution < -0.4 is 5.32 Å². The first-order valence-electron chi connectivity index (χ1n) is 8.18. The van der Waals surface area contributed by atoms with Crippen LogP contribution in [0.15, 0.2) is 78.9 Å². The van der Waals surface area contributed by atoms with E-state index in [2.05, 4.69) is 5.32 Å². The molecule has 124 valence electrons. The van der Waals surface area contributed by atoms with Crippen LogP contribution in [0.2, 0.25) is 0 Å². The van der Waals surface area contributed by atoms with Crippen LogP contribution in [0.4, 0.5) is 10.1 Å². The highest BCUT2D eigenvalue weighted by Crippen LogP contribution is 2.34. The Balaban J connectivity index is 1.77. The van der Waals surface area contributed by atoms with Crippen molar-refractivity contribution in [1.82, 2.24) is 4.90 Å². The first kappa shape index (κ1) is 15.4. The molecule has 4 rings (SSSR count). The van der Waals surface area contributed by atoms with Gasteiger partial charge in [-0.25, -0.2) is 4.39 Å². The van der Waals surface area contributed by atoms with Gasteiger partial charge < -0.3 is 10.2 Å². The van der Waals surface area contributed by atoms with Crippen molar-refractivity contribution in [2.24, 2.45) is 0 Å². The van der Waals surface area contributed by atoms with Gasteiger partial charge in [-0.15, -0.1) is 0 Å². The second kappa shape index (κ2) is 6.40. The van der Waals surface area contributed by atoms with Crippen LogP contribution in [0.3, 0.4) is 0 Å². The van der Waals surface area contributed by atoms with E-state index in [1.54, 1.807) is 11.0 Å². The largest absolute Gasteiger partial charge is 0.361 e. The number of benzene rings is 3. The zero-order valence-corrected chi connectivity index (χ0v) is 13.5. The lowest BCUT2D eigenvalue weighted by Gasteiger charge is -2.38. The summed E-state index contributed by atoms with van der Waals surface area (Å²) in [6.07, 6.45) is -0.418. The van der Waals surface area contributed by atoms with E-state index in [0.717, 1.165) is 16.8 Å². The topological polar surface area (TPSA) is 32.3 Å². The number of rotatable bonds is 3. The summed E-state index contributed by atoms with van der Waals surface area (Å²) in [6.45, 7) is 0.447. The van der Waals surface area contributed by atoms with Gasteiger partial charge in [0.25, 0.3) is 5.91 Å². The summed E-state index contributed by atoms with van der Waals surface area (Å²) < 4.78 is 13.7. The molecule has 0 bridgehead atoms. The van der Waals surface area contributed by atoms with Crippen LogP contribution in [-0.2, 0) is 6.54 Å². The monoisotopic (exact) mass is 332 g/mol. The Hall–Kier alpha value is -3.14. The summed E-state index contributed by atoms with van der Waals surface area (Å²) in [7, 11) is 0. The fraction of sp³-hybridized carbons (Fsp3) is 0.0952. The zero-order valence-electron chi connectivity index (χ0n) is 13.5. The summed E-state index contributed by atoms with van der Waals surface area (Å²) in [5.41, 5.74) is 3.15. The van der Waals surface area contributed by atoms with E-state index in [4.69, 9.17) is 0 Å². The van der Waals surface area contributed by atoms with Gasteiger partial charge in [-0.3, -0.25) is 4.79 Å². The first-order valence-corrected chi connectivity index (χ1v) is 8.18. The van der Waals surface area contributed by atoms with Crippen LogP contribution in [-0.4, -0.2) is 10.8 Å². The minimum Gasteiger partial charge on any atom is -0.361 e. The molecule has 1 atom stereocenters. The van der Waals surface area contributed by atoms with Crippen LogP contribution in [0, 0.1) is 5.82 Å². The summed E-state index contributed by atoms with van der Waals surface area (Å²) in [5.74, 6) is -0.377. The highest BCUT2D eigenvalue weighted by molar-refractivity contribution is 6.01. The highest BCUT2D eigenvalue weighted by atomic mass is 19.1. The number of amides is 1. The molecule has 0 aromatic heterocycles. The maximum atomic E-state index is 13.7. The molecule has 0 aliphatic carbocycles. The predicted octanol–water partition coefficient (Wildman–Crippen LogP) is 4.59. The Kier molecular flexibility index (Phi) is 3.94. The fourth-order valence-corrected chi connectivity index (χ4v) is 3.18. The predicted molar refractivity (Wildman–Crippen MR) is 95.5 cm³/mol. The zero-order chi connectivity index (χ0) is 17.2. The lowest BCUT2D eigenvalue weighted by molar-refractivity contribution is 0.0666. The Morgan fingerprint density at radius 2 is 1.68 bits per heavy atom. The second-order valence-corrected chi connectivity index (χ2v) is 6.07. The number of carbonyl (C=O) groups is 1. The molecule has 0 saturated carbocycles. The van der Waals surface area contributed by atoms with E-state index < -0.39 is 6.17 Å². The number of fused-ring (bicyclic) bond motifs is 1. The molecule has 3 aromatic rings. The van der Waals surface area contributed by atoms with Crippen LogP contribution in [0.25, 0.3) is 0 Å². The minimum absolute atomic E-state index is 0.0625. The van der Waals surface area contributed by atoms with E-state index in [9.17, 15) is 9.18 Å². The van der Waals surface area contributed by atoms with Crippen LogP contribution >= 0.6 is 0 Å². The molecule has 0 saturated heterocycles. The Labute approximate surface area is 145 Å². The fourth-order valence-electron chi connectivity index (χ4n) is 3.18. The van der Waals surface area contributed by atoms with Crippen LogP contribution in [0.5, 0.6) is 0 Å². The van der Waals surface area contributed by atoms with Gasteiger partial charge >= 0.3 is 0 Å². The van der Waals surface area contributed by atoms with Gasteiger partial charge in [-0.2, -0.15) is 0 Å². The third kappa shape index (κ3) is 2.98. The molecule has 1 N–H and O–H groups in total. The average molecular weight is 332 g/mol. The molecule has 1 aliphatic heterocycles. The average Bonchev–Trinajstić information content (AvgIpc) is 2.65. The lowest BCUT2D eigenvalue weighted by atomic mass is 10.0. The molecule has 3 aromatic carbocycles. The highest BCUT2D eigenvalue weighted by Gasteiger charge is 2.32. The summed E-state index contributed by atoms with van der Waals surface area (Å²) in [6, 6.07) is 23.6. The Morgan fingerprint density at radius 3 is 2.48 bits per heavy atom. The Morgan fingerprint density at radius 1 is 0.920 bits per heavy atom. The molecule has 0 unspecified atom stereocenters. The number of hydrogen-bond donors (Lipinski definition) is 1. The SMILES string of the molecule is O=C1c2ccccc2N[C@H](c2cccc(F)c2)N1Cc1ccccc1. The van der Waals surface area contributed by atoms with Crippen molar-refractivity contribution in [2.75, 3.05) is 5.32 Å². The van der Waals surface area contributed by atoms with Gasteiger partial charge in [0.2, 0.25) is 0 Å². The lowest BCUT2D eigenvalue weighted by Crippen LogP contribution is -2.42. The quantitative estimate of drug-likeness (QED) is 0.761. The van der Waals surface area contributed by atoms with Crippen LogP contribution in [0.1, 0.15) is 27.7 Å². The number of halogens is 1. The maximum Gasteiger partial charge on any atom is 0.258 e. The van der Waals surface area contributed by atoms with Crippen molar-refractivity contribution in [3.05, 3.63) is 101 Å². The van der Waals surface area contributed by atoms with E-state index in [0.29, 0.717) is 12.1 Å². The van der Waals surface area contributed by atoms with Gasteiger partial charge in [0.15, 0.2) is 0 Å². The van der Waals surface area contributed by atoms with Crippen molar-refractivity contribution in [1.29, 1.82) is 0 Å². The van der Waals surface area contributed by atoms with Gasteiger partial charge in [0.05, 0.1) is 5.56 Å². The van der Waals surface area contributed by atoms with Crippen molar-refractivity contribution in [3.8, 4) is 0 Å². The molecule has 3 nitrogen and oxygen atoms in total. The van der Waals surface area contributed by atoms with Crippen molar-refractivity contribution in [3.63, 3.8) is 0 Å². The van der Waals surface area contributed by atoms with E-state index in [1.807, 2.05) is 60.7 Å². The molecule has 1 aliphatic rings. The van der Waals surface area contributed by atoms with Gasteiger partial charge in [0.1, 0.15) is 12.0 Å². The number of nitrogens with one attached hydrogen (secondary N) is 1. The molecule has 0 spiro atoms. The second-order valence-electron chi connectivity index (χ2n) is 6.07. The van der Waals surface area contributed by atoms with Gasteiger partial charge in [-0.1, -0.05) is 54.6 Å². The van der Waals surface area contributed by atoms with Gasteiger partial charge in [-0.05, 0) is 35.4 Å². The molecule has 4 heteroatoms. The minimum atomic E-state index is -0.418. The number of anilines is 1. The molecule has 1 heterocycles. The molecule has 25 heavy (non-hydrogen) atoms. The summed E-state index contributed by atoms with van der Waals surface area (Å²) in [4.78, 5) is 14.8. The smallest absolute Gasteiger partial charge is 0.258 e. The van der Waals surface area contributed by atoms with E-state index in [1.165, 1.54) is 12.1 Å². The number of para-hydroxylation sites is 1. The third-order valence-corrected chi connectivity index (χ3v) is 4.38. The Bertz CT molecular complexity index is 911. The van der Waals surface area contributed by atoms with Gasteiger partial charge in [0, 0.05) is 12.2 Å². The number of nitrogens with zero attached hydrogens (tertiary/aromatic N) is 1. The molecule has 0 radical (unpaired) electrons. The molecule has 0 fully saturated rings. The third-order valence-electron chi connectivity index (χ3n) is 4.38. The first-order chi connectivity index (χ1) is 12.2. The maximum absolute atomic E-state index is 13.7. The molecular formula is C21H17FN2O. The molecular weight excluding hydrogens is 315 g/mol. The number of carbonyl (C=O) groups excluding carboxylic acids is 1. The van der Waals surface area contributed by atoms with E-state index >= 15 is 0 Å². The van der Waals surface area contributed by atoms with Crippen molar-refractivity contribution >= 4 is 11.6 Å². The summed E-state index contributed by atoms with van der Waals surface area (Å²) in [5, 5.41) is 3.38. The standard InChI is InChI=1S/C21H17FN2O/c22-17-10-6-9-16(13-17)20-23-19-12-5-4-11-18(19)21(25)24(20)14-15-7-2-1-3-8-15/h1-13,20,23H,14H2/t20-/m0/s1. The molecule has 1 amide bonds. The summed E-state index contributed by atoms with van der Waals surface area (Å²) >= 11 is 0.